The van der Waals surface area contributed by atoms with Crippen molar-refractivity contribution in [1.29, 1.82) is 0 Å². The van der Waals surface area contributed by atoms with Gasteiger partial charge >= 0.3 is 0 Å². The van der Waals surface area contributed by atoms with Gasteiger partial charge in [-0.1, -0.05) is 18.2 Å². The Labute approximate surface area is 186 Å². The number of hydrogen-bond donors (Lipinski definition) is 2. The molecule has 8 heteroatoms. The minimum atomic E-state index is 0.191. The Balaban J connectivity index is 1.50. The molecular formula is C24H26N6O2. The number of nitrogens with zero attached hydrogens (tertiary/aromatic N) is 4. The van der Waals surface area contributed by atoms with Crippen LogP contribution in [0.15, 0.2) is 60.8 Å². The predicted octanol–water partition coefficient (Wildman–Crippen LogP) is 4.55. The molecule has 32 heavy (non-hydrogen) atoms. The molecule has 2 N–H and O–H groups in total. The normalized spacial score (nSPS) is 15.7. The van der Waals surface area contributed by atoms with E-state index in [1.807, 2.05) is 66.2 Å². The number of aromatic nitrogens is 4. The van der Waals surface area contributed by atoms with Crippen LogP contribution in [0.3, 0.4) is 0 Å². The van der Waals surface area contributed by atoms with Crippen molar-refractivity contribution in [3.05, 3.63) is 60.8 Å². The predicted molar refractivity (Wildman–Crippen MR) is 125 cm³/mol. The van der Waals surface area contributed by atoms with Crippen LogP contribution >= 0.6 is 0 Å². The van der Waals surface area contributed by atoms with E-state index in [0.29, 0.717) is 24.9 Å². The summed E-state index contributed by atoms with van der Waals surface area (Å²) in [5, 5.41) is 12.2. The Kier molecular flexibility index (Phi) is 5.85. The van der Waals surface area contributed by atoms with E-state index < -0.39 is 0 Å². The van der Waals surface area contributed by atoms with Gasteiger partial charge in [-0.15, -0.1) is 0 Å². The first-order valence-electron chi connectivity index (χ1n) is 11.0. The van der Waals surface area contributed by atoms with E-state index in [9.17, 15) is 0 Å². The second-order valence-corrected chi connectivity index (χ2v) is 7.62. The first-order chi connectivity index (χ1) is 15.8. The van der Waals surface area contributed by atoms with E-state index >= 15 is 0 Å². The Hall–Kier alpha value is -3.65. The fraction of sp³-hybridized carbons (Fsp3) is 0.292. The van der Waals surface area contributed by atoms with Crippen molar-refractivity contribution < 1.29 is 9.47 Å². The van der Waals surface area contributed by atoms with E-state index in [2.05, 4.69) is 15.7 Å². The molecule has 1 atom stereocenters. The van der Waals surface area contributed by atoms with Crippen LogP contribution in [-0.4, -0.2) is 45.6 Å². The maximum absolute atomic E-state index is 5.73. The van der Waals surface area contributed by atoms with Gasteiger partial charge in [-0.3, -0.25) is 0 Å². The lowest BCUT2D eigenvalue weighted by Crippen LogP contribution is -2.20. The number of nitrogens with one attached hydrogen (secondary N) is 2. The van der Waals surface area contributed by atoms with Crippen LogP contribution in [0, 0.1) is 0 Å². The van der Waals surface area contributed by atoms with Crippen molar-refractivity contribution in [2.75, 3.05) is 30.4 Å². The smallest absolute Gasteiger partial charge is 0.226 e. The van der Waals surface area contributed by atoms with Crippen molar-refractivity contribution >= 4 is 28.5 Å². The van der Waals surface area contributed by atoms with Crippen molar-refractivity contribution in [2.45, 2.75) is 25.9 Å². The van der Waals surface area contributed by atoms with Crippen molar-refractivity contribution in [3.63, 3.8) is 0 Å². The highest BCUT2D eigenvalue weighted by atomic mass is 16.5. The first kappa shape index (κ1) is 20.3. The molecule has 3 heterocycles. The van der Waals surface area contributed by atoms with Crippen LogP contribution in [0.4, 0.5) is 17.5 Å². The van der Waals surface area contributed by atoms with Crippen molar-refractivity contribution in [3.8, 4) is 11.4 Å². The van der Waals surface area contributed by atoms with E-state index in [1.165, 1.54) is 0 Å². The highest BCUT2D eigenvalue weighted by molar-refractivity contribution is 5.90. The number of rotatable bonds is 8. The number of anilines is 3. The molecular weight excluding hydrogens is 404 g/mol. The molecule has 5 rings (SSSR count). The number of para-hydroxylation sites is 1. The monoisotopic (exact) mass is 430 g/mol. The summed E-state index contributed by atoms with van der Waals surface area (Å²) < 4.78 is 13.1. The number of hydrogen-bond acceptors (Lipinski definition) is 7. The van der Waals surface area contributed by atoms with Crippen LogP contribution in [0.1, 0.15) is 19.8 Å². The quantitative estimate of drug-likeness (QED) is 0.424. The van der Waals surface area contributed by atoms with Gasteiger partial charge in [-0.05, 0) is 56.2 Å². The molecule has 0 saturated carbocycles. The summed E-state index contributed by atoms with van der Waals surface area (Å²) in [6.07, 6.45) is 4.13. The zero-order valence-corrected chi connectivity index (χ0v) is 18.0. The highest BCUT2D eigenvalue weighted by Crippen LogP contribution is 2.28. The molecule has 1 unspecified atom stereocenters. The molecule has 1 fully saturated rings. The minimum absolute atomic E-state index is 0.191. The van der Waals surface area contributed by atoms with Gasteiger partial charge in [0.05, 0.1) is 30.0 Å². The summed E-state index contributed by atoms with van der Waals surface area (Å²) in [5.74, 6) is 2.07. The summed E-state index contributed by atoms with van der Waals surface area (Å²) in [5.41, 5.74) is 2.58. The van der Waals surface area contributed by atoms with Crippen LogP contribution in [0.2, 0.25) is 0 Å². The lowest BCUT2D eigenvalue weighted by atomic mass is 10.2. The van der Waals surface area contributed by atoms with Crippen LogP contribution in [0.5, 0.6) is 5.75 Å². The average Bonchev–Trinajstić information content (AvgIpc) is 3.50. The third-order valence-electron chi connectivity index (χ3n) is 5.37. The SMILES string of the molecule is CCOc1ccc(Nc2nc(NCC3CCCO3)nc3c2cnn3-c2ccccc2)cc1. The fourth-order valence-corrected chi connectivity index (χ4v) is 3.79. The van der Waals surface area contributed by atoms with Gasteiger partial charge in [0.15, 0.2) is 5.65 Å². The topological polar surface area (TPSA) is 86.1 Å². The largest absolute Gasteiger partial charge is 0.494 e. The lowest BCUT2D eigenvalue weighted by molar-refractivity contribution is 0.120. The molecule has 8 nitrogen and oxygen atoms in total. The summed E-state index contributed by atoms with van der Waals surface area (Å²) in [7, 11) is 0. The van der Waals surface area contributed by atoms with Gasteiger partial charge in [0.1, 0.15) is 11.6 Å². The summed E-state index contributed by atoms with van der Waals surface area (Å²) in [4.78, 5) is 9.53. The van der Waals surface area contributed by atoms with E-state index in [-0.39, 0.29) is 6.10 Å². The van der Waals surface area contributed by atoms with Gasteiger partial charge < -0.3 is 20.1 Å². The summed E-state index contributed by atoms with van der Waals surface area (Å²) in [6, 6.07) is 17.8. The molecule has 1 saturated heterocycles. The van der Waals surface area contributed by atoms with Crippen molar-refractivity contribution in [1.82, 2.24) is 19.7 Å². The third kappa shape index (κ3) is 4.36. The van der Waals surface area contributed by atoms with Crippen molar-refractivity contribution in [2.24, 2.45) is 0 Å². The molecule has 2 aromatic heterocycles. The van der Waals surface area contributed by atoms with Crippen LogP contribution < -0.4 is 15.4 Å². The first-order valence-corrected chi connectivity index (χ1v) is 11.0. The highest BCUT2D eigenvalue weighted by Gasteiger charge is 2.18. The van der Waals surface area contributed by atoms with Gasteiger partial charge in [-0.2, -0.15) is 15.1 Å². The number of fused-ring (bicyclic) bond motifs is 1. The summed E-state index contributed by atoms with van der Waals surface area (Å²) in [6.45, 7) is 4.10. The Morgan fingerprint density at radius 1 is 1.09 bits per heavy atom. The number of benzene rings is 2. The zero-order chi connectivity index (χ0) is 21.8. The van der Waals surface area contributed by atoms with E-state index in [0.717, 1.165) is 47.6 Å². The van der Waals surface area contributed by atoms with Gasteiger partial charge in [0.2, 0.25) is 5.95 Å². The molecule has 1 aliphatic heterocycles. The van der Waals surface area contributed by atoms with Crippen LogP contribution in [0.25, 0.3) is 16.7 Å². The minimum Gasteiger partial charge on any atom is -0.494 e. The Morgan fingerprint density at radius 2 is 1.94 bits per heavy atom. The standard InChI is InChI=1S/C24H26N6O2/c1-2-31-19-12-10-17(11-13-19)27-22-21-16-26-30(18-7-4-3-5-8-18)23(21)29-24(28-22)25-15-20-9-6-14-32-20/h3-5,7-8,10-13,16,20H,2,6,9,14-15H2,1H3,(H2,25,27,28,29). The third-order valence-corrected chi connectivity index (χ3v) is 5.37. The zero-order valence-electron chi connectivity index (χ0n) is 18.0. The Bertz CT molecular complexity index is 1170. The van der Waals surface area contributed by atoms with Gasteiger partial charge in [0.25, 0.3) is 0 Å². The molecule has 164 valence electrons. The van der Waals surface area contributed by atoms with E-state index in [4.69, 9.17) is 19.4 Å². The molecule has 4 aromatic rings. The molecule has 0 amide bonds. The molecule has 1 aliphatic rings. The Morgan fingerprint density at radius 3 is 2.69 bits per heavy atom. The second-order valence-electron chi connectivity index (χ2n) is 7.62. The average molecular weight is 431 g/mol. The fourth-order valence-electron chi connectivity index (χ4n) is 3.79. The maximum atomic E-state index is 5.73. The van der Waals surface area contributed by atoms with Crippen LogP contribution in [-0.2, 0) is 4.74 Å². The number of ether oxygens (including phenoxy) is 2. The van der Waals surface area contributed by atoms with E-state index in [1.54, 1.807) is 6.20 Å². The molecule has 2 aromatic carbocycles. The molecule has 0 bridgehead atoms. The molecule has 0 spiro atoms. The maximum Gasteiger partial charge on any atom is 0.226 e. The second kappa shape index (κ2) is 9.23. The molecule has 0 radical (unpaired) electrons. The molecule has 0 aliphatic carbocycles. The van der Waals surface area contributed by atoms with Gasteiger partial charge in [0, 0.05) is 18.8 Å². The van der Waals surface area contributed by atoms with Gasteiger partial charge in [-0.25, -0.2) is 4.68 Å². The summed E-state index contributed by atoms with van der Waals surface area (Å²) >= 11 is 0. The lowest BCUT2D eigenvalue weighted by Gasteiger charge is -2.13.